The summed E-state index contributed by atoms with van der Waals surface area (Å²) in [4.78, 5) is 18.1. The third kappa shape index (κ3) is 3.35. The van der Waals surface area contributed by atoms with E-state index in [1.165, 1.54) is 22.6 Å². The van der Waals surface area contributed by atoms with Gasteiger partial charge < -0.3 is 9.64 Å². The second kappa shape index (κ2) is 6.57. The summed E-state index contributed by atoms with van der Waals surface area (Å²) in [6.45, 7) is 4.72. The molecule has 144 valence electrons. The number of nitrogens with zero attached hydrogens (tertiary/aromatic N) is 3. The van der Waals surface area contributed by atoms with Crippen LogP contribution >= 0.6 is 11.3 Å². The molecule has 7 nitrogen and oxygen atoms in total. The first kappa shape index (κ1) is 18.4. The van der Waals surface area contributed by atoms with E-state index >= 15 is 0 Å². The van der Waals surface area contributed by atoms with Gasteiger partial charge in [-0.05, 0) is 19.1 Å². The minimum absolute atomic E-state index is 0.0301. The molecule has 3 heterocycles. The lowest BCUT2D eigenvalue weighted by atomic mass is 10.0. The maximum atomic E-state index is 13.3. The number of likely N-dealkylation sites (tertiary alicyclic amines) is 1. The molecule has 0 bridgehead atoms. The predicted octanol–water partition coefficient (Wildman–Crippen LogP) is 2.03. The topological polar surface area (TPSA) is 79.8 Å². The van der Waals surface area contributed by atoms with Crippen LogP contribution in [0.3, 0.4) is 0 Å². The molecular formula is C18H21N3O4S2. The highest BCUT2D eigenvalue weighted by atomic mass is 32.2. The molecule has 1 unspecified atom stereocenters. The molecule has 1 saturated heterocycles. The zero-order valence-electron chi connectivity index (χ0n) is 15.2. The minimum atomic E-state index is -3.74. The van der Waals surface area contributed by atoms with E-state index in [0.29, 0.717) is 25.3 Å². The second-order valence-corrected chi connectivity index (χ2v) is 10.0. The zero-order chi connectivity index (χ0) is 19.2. The Morgan fingerprint density at radius 2 is 2.11 bits per heavy atom. The van der Waals surface area contributed by atoms with E-state index in [1.807, 2.05) is 12.3 Å². The molecule has 4 rings (SSSR count). The van der Waals surface area contributed by atoms with Crippen LogP contribution in [0.5, 0.6) is 5.75 Å². The monoisotopic (exact) mass is 407 g/mol. The number of benzene rings is 1. The molecule has 1 amide bonds. The van der Waals surface area contributed by atoms with Gasteiger partial charge in [0.05, 0.1) is 30.3 Å². The molecule has 0 radical (unpaired) electrons. The average Bonchev–Trinajstić information content (AvgIpc) is 3.19. The molecule has 0 N–H and O–H groups in total. The fourth-order valence-corrected chi connectivity index (χ4v) is 5.89. The van der Waals surface area contributed by atoms with Gasteiger partial charge in [-0.1, -0.05) is 12.1 Å². The number of sulfonamides is 1. The van der Waals surface area contributed by atoms with Gasteiger partial charge in [-0.2, -0.15) is 4.31 Å². The molecule has 27 heavy (non-hydrogen) atoms. The minimum Gasteiger partial charge on any atom is -0.483 e. The zero-order valence-corrected chi connectivity index (χ0v) is 16.8. The van der Waals surface area contributed by atoms with E-state index in [-0.39, 0.29) is 23.9 Å². The van der Waals surface area contributed by atoms with Gasteiger partial charge in [-0.15, -0.1) is 11.3 Å². The number of thiazole rings is 1. The molecule has 2 aliphatic heterocycles. The summed E-state index contributed by atoms with van der Waals surface area (Å²) in [5.41, 5.74) is -0.0341. The second-order valence-electron chi connectivity index (χ2n) is 7.05. The molecule has 0 aliphatic carbocycles. The van der Waals surface area contributed by atoms with Crippen LogP contribution in [0.1, 0.15) is 24.0 Å². The molecule has 1 aromatic heterocycles. The lowest BCUT2D eigenvalue weighted by Gasteiger charge is -2.31. The Labute approximate surface area is 162 Å². The summed E-state index contributed by atoms with van der Waals surface area (Å²) in [6.07, 6.45) is 0.586. The lowest BCUT2D eigenvalue weighted by molar-refractivity contribution is -0.128. The van der Waals surface area contributed by atoms with Gasteiger partial charge in [0.1, 0.15) is 16.2 Å². The summed E-state index contributed by atoms with van der Waals surface area (Å²) in [5.74, 6) is 0.317. The van der Waals surface area contributed by atoms with E-state index in [0.717, 1.165) is 10.7 Å². The third-order valence-corrected chi connectivity index (χ3v) is 7.68. The van der Waals surface area contributed by atoms with Gasteiger partial charge in [0, 0.05) is 25.3 Å². The number of fused-ring (bicyclic) bond motifs is 1. The number of para-hydroxylation sites is 1. The molecule has 9 heteroatoms. The Morgan fingerprint density at radius 3 is 2.78 bits per heavy atom. The van der Waals surface area contributed by atoms with Crippen molar-refractivity contribution in [2.75, 3.05) is 19.6 Å². The van der Waals surface area contributed by atoms with Gasteiger partial charge >= 0.3 is 0 Å². The molecule has 2 aliphatic rings. The number of aryl methyl sites for hydroxylation is 1. The first-order chi connectivity index (χ1) is 12.8. The fourth-order valence-electron chi connectivity index (χ4n) is 3.69. The summed E-state index contributed by atoms with van der Waals surface area (Å²) >= 11 is 1.50. The van der Waals surface area contributed by atoms with E-state index in [1.54, 1.807) is 29.2 Å². The number of rotatable bonds is 2. The molecule has 1 atom stereocenters. The highest BCUT2D eigenvalue weighted by Crippen LogP contribution is 2.39. The fraction of sp³-hybridized carbons (Fsp3) is 0.444. The molecular weight excluding hydrogens is 386 g/mol. The maximum absolute atomic E-state index is 13.3. The predicted molar refractivity (Wildman–Crippen MR) is 101 cm³/mol. The first-order valence-electron chi connectivity index (χ1n) is 8.74. The summed E-state index contributed by atoms with van der Waals surface area (Å²) in [6, 6.07) is 6.71. The van der Waals surface area contributed by atoms with E-state index in [2.05, 4.69) is 4.98 Å². The van der Waals surface area contributed by atoms with Crippen molar-refractivity contribution in [3.63, 3.8) is 0 Å². The maximum Gasteiger partial charge on any atom is 0.247 e. The number of hydrogen-bond acceptors (Lipinski definition) is 6. The largest absolute Gasteiger partial charge is 0.483 e. The quantitative estimate of drug-likeness (QED) is 0.761. The van der Waals surface area contributed by atoms with Crippen molar-refractivity contribution in [1.29, 1.82) is 0 Å². The highest BCUT2D eigenvalue weighted by Gasteiger charge is 2.48. The van der Waals surface area contributed by atoms with Gasteiger partial charge in [0.15, 0.2) is 0 Å². The van der Waals surface area contributed by atoms with Gasteiger partial charge in [0.25, 0.3) is 0 Å². The van der Waals surface area contributed by atoms with E-state index < -0.39 is 15.6 Å². The van der Waals surface area contributed by atoms with Crippen molar-refractivity contribution < 1.29 is 17.9 Å². The molecule has 2 aromatic rings. The Morgan fingerprint density at radius 1 is 1.33 bits per heavy atom. The van der Waals surface area contributed by atoms with Crippen LogP contribution in [0.25, 0.3) is 0 Å². The van der Waals surface area contributed by atoms with Crippen molar-refractivity contribution >= 4 is 27.3 Å². The van der Waals surface area contributed by atoms with Gasteiger partial charge in [-0.25, -0.2) is 13.4 Å². The van der Waals surface area contributed by atoms with Gasteiger partial charge in [0.2, 0.25) is 15.9 Å². The van der Waals surface area contributed by atoms with Gasteiger partial charge in [-0.3, -0.25) is 4.79 Å². The first-order valence-corrected chi connectivity index (χ1v) is 11.1. The standard InChI is InChI=1S/C18H21N3O4S2/c1-13-19-15(10-26-13)9-21-12-18(7-8-20(11-18)14(2)22)25-16-5-3-4-6-17(16)27(21,23)24/h3-6,10H,7-9,11-12H2,1-2H3. The molecule has 1 fully saturated rings. The number of amides is 1. The number of carbonyl (C=O) groups excluding carboxylic acids is 1. The van der Waals surface area contributed by atoms with Crippen molar-refractivity contribution in [1.82, 2.24) is 14.2 Å². The van der Waals surface area contributed by atoms with Crippen LogP contribution in [0, 0.1) is 6.92 Å². The number of ether oxygens (including phenoxy) is 1. The number of carbonyl (C=O) groups is 1. The van der Waals surface area contributed by atoms with Crippen LogP contribution < -0.4 is 4.74 Å². The summed E-state index contributed by atoms with van der Waals surface area (Å²) < 4.78 is 34.4. The van der Waals surface area contributed by atoms with E-state index in [9.17, 15) is 13.2 Å². The smallest absolute Gasteiger partial charge is 0.247 e. The Kier molecular flexibility index (Phi) is 4.48. The normalized spacial score (nSPS) is 24.4. The summed E-state index contributed by atoms with van der Waals surface area (Å²) in [5, 5.41) is 2.78. The molecule has 1 aromatic carbocycles. The van der Waals surface area contributed by atoms with Crippen LogP contribution in [-0.2, 0) is 21.4 Å². The molecule has 1 spiro atoms. The Bertz CT molecular complexity index is 988. The van der Waals surface area contributed by atoms with Crippen molar-refractivity contribution in [2.24, 2.45) is 0 Å². The van der Waals surface area contributed by atoms with Crippen LogP contribution in [0.2, 0.25) is 0 Å². The van der Waals surface area contributed by atoms with Crippen LogP contribution in [0.15, 0.2) is 34.5 Å². The average molecular weight is 408 g/mol. The number of aromatic nitrogens is 1. The lowest BCUT2D eigenvalue weighted by Crippen LogP contribution is -2.49. The summed E-state index contributed by atoms with van der Waals surface area (Å²) in [7, 11) is -3.74. The van der Waals surface area contributed by atoms with Crippen LogP contribution in [0.4, 0.5) is 0 Å². The third-order valence-electron chi connectivity index (χ3n) is 5.02. The highest BCUT2D eigenvalue weighted by molar-refractivity contribution is 7.89. The molecule has 0 saturated carbocycles. The van der Waals surface area contributed by atoms with Crippen molar-refractivity contribution in [3.05, 3.63) is 40.3 Å². The van der Waals surface area contributed by atoms with Crippen molar-refractivity contribution in [2.45, 2.75) is 37.3 Å². The van der Waals surface area contributed by atoms with Crippen molar-refractivity contribution in [3.8, 4) is 5.75 Å². The van der Waals surface area contributed by atoms with E-state index in [4.69, 9.17) is 4.74 Å². The Hall–Kier alpha value is -1.97. The number of hydrogen-bond donors (Lipinski definition) is 0. The van der Waals surface area contributed by atoms with Crippen LogP contribution in [-0.4, -0.2) is 53.7 Å². The SMILES string of the molecule is CC(=O)N1CCC2(C1)CN(Cc1csc(C)n1)S(=O)(=O)c1ccccc1O2. The Balaban J connectivity index is 1.76.